The topological polar surface area (TPSA) is 81.1 Å². The summed E-state index contributed by atoms with van der Waals surface area (Å²) in [6, 6.07) is 7.62. The largest absolute Gasteiger partial charge is 0.399 e. The maximum atomic E-state index is 11.6. The molecule has 0 aliphatic heterocycles. The molecule has 2 rings (SSSR count). The first kappa shape index (κ1) is 14.4. The van der Waals surface area contributed by atoms with Gasteiger partial charge in [0.2, 0.25) is 0 Å². The van der Waals surface area contributed by atoms with E-state index in [-0.39, 0.29) is 5.91 Å². The lowest BCUT2D eigenvalue weighted by atomic mass is 10.3. The van der Waals surface area contributed by atoms with Gasteiger partial charge < -0.3 is 5.73 Å². The van der Waals surface area contributed by atoms with Crippen LogP contribution in [0, 0.1) is 0 Å². The van der Waals surface area contributed by atoms with Crippen molar-refractivity contribution in [2.75, 3.05) is 5.73 Å². The van der Waals surface area contributed by atoms with Crippen LogP contribution in [0.25, 0.3) is 0 Å². The van der Waals surface area contributed by atoms with Gasteiger partial charge in [0.05, 0.1) is 4.88 Å². The van der Waals surface area contributed by atoms with Crippen LogP contribution in [0.1, 0.15) is 15.2 Å². The molecule has 0 aliphatic carbocycles. The van der Waals surface area contributed by atoms with Crippen molar-refractivity contribution in [1.82, 2.24) is 5.43 Å². The molecule has 2 aromatic rings. The number of hydrogen-bond donors (Lipinski definition) is 3. The van der Waals surface area contributed by atoms with Gasteiger partial charge in [-0.1, -0.05) is 0 Å². The molecule has 0 bridgehead atoms. The molecule has 4 nitrogen and oxygen atoms in total. The van der Waals surface area contributed by atoms with E-state index in [2.05, 4.69) is 21.4 Å². The van der Waals surface area contributed by atoms with Crippen molar-refractivity contribution >= 4 is 50.6 Å². The van der Waals surface area contributed by atoms with Crippen LogP contribution >= 0.6 is 39.0 Å². The van der Waals surface area contributed by atoms with Crippen molar-refractivity contribution in [3.05, 3.63) is 44.6 Å². The van der Waals surface area contributed by atoms with Crippen molar-refractivity contribution in [1.29, 1.82) is 0 Å². The normalized spacial score (nSPS) is 10.4. The molecule has 5 N–H and O–H groups in total. The molecule has 19 heavy (non-hydrogen) atoms. The molecule has 0 unspecified atom stereocenters. The average molecular weight is 358 g/mol. The number of rotatable bonds is 4. The standard InChI is InChI=1S/C12H12BrN3OS2/c13-9-5-8(14)1-2-10(9)19-6-7-3-4-18-11(7)12(17)16-15/h1-5H,6,14-15H2,(H,16,17). The second-order valence-corrected chi connectivity index (χ2v) is 6.51. The lowest BCUT2D eigenvalue weighted by Crippen LogP contribution is -2.29. The minimum absolute atomic E-state index is 0.248. The van der Waals surface area contributed by atoms with Crippen LogP contribution in [0.15, 0.2) is 39.0 Å². The summed E-state index contributed by atoms with van der Waals surface area (Å²) in [7, 11) is 0. The molecular weight excluding hydrogens is 346 g/mol. The van der Waals surface area contributed by atoms with E-state index in [0.29, 0.717) is 10.6 Å². The first-order valence-electron chi connectivity index (χ1n) is 5.37. The van der Waals surface area contributed by atoms with Crippen LogP contribution in [0.5, 0.6) is 0 Å². The van der Waals surface area contributed by atoms with Gasteiger partial charge in [-0.2, -0.15) is 0 Å². The summed E-state index contributed by atoms with van der Waals surface area (Å²) in [6.07, 6.45) is 0. The van der Waals surface area contributed by atoms with E-state index >= 15 is 0 Å². The minimum atomic E-state index is -0.248. The van der Waals surface area contributed by atoms with Crippen molar-refractivity contribution in [2.24, 2.45) is 5.84 Å². The molecular formula is C12H12BrN3OS2. The number of amides is 1. The van der Waals surface area contributed by atoms with Crippen molar-refractivity contribution < 1.29 is 4.79 Å². The van der Waals surface area contributed by atoms with Crippen LogP contribution in [0.4, 0.5) is 5.69 Å². The summed E-state index contributed by atoms with van der Waals surface area (Å²) < 4.78 is 0.956. The first-order chi connectivity index (χ1) is 9.11. The van der Waals surface area contributed by atoms with Crippen LogP contribution in [-0.2, 0) is 5.75 Å². The molecule has 7 heteroatoms. The Kier molecular flexibility index (Phi) is 4.87. The zero-order chi connectivity index (χ0) is 13.8. The molecule has 0 fully saturated rings. The minimum Gasteiger partial charge on any atom is -0.399 e. The Bertz CT molecular complexity index is 600. The van der Waals surface area contributed by atoms with Crippen LogP contribution < -0.4 is 17.0 Å². The van der Waals surface area contributed by atoms with Gasteiger partial charge in [0.25, 0.3) is 5.91 Å². The molecule has 1 aromatic heterocycles. The van der Waals surface area contributed by atoms with Gasteiger partial charge >= 0.3 is 0 Å². The summed E-state index contributed by atoms with van der Waals surface area (Å²) >= 11 is 6.50. The smallest absolute Gasteiger partial charge is 0.275 e. The van der Waals surface area contributed by atoms with E-state index in [1.807, 2.05) is 29.6 Å². The number of hydrazine groups is 1. The number of benzene rings is 1. The maximum absolute atomic E-state index is 11.6. The third-order valence-corrected chi connectivity index (χ3v) is 5.42. The predicted octanol–water partition coefficient (Wildman–Crippen LogP) is 2.99. The highest BCUT2D eigenvalue weighted by atomic mass is 79.9. The Morgan fingerprint density at radius 3 is 2.89 bits per heavy atom. The number of anilines is 1. The van der Waals surface area contributed by atoms with Gasteiger partial charge in [-0.25, -0.2) is 5.84 Å². The zero-order valence-corrected chi connectivity index (χ0v) is 13.1. The highest BCUT2D eigenvalue weighted by molar-refractivity contribution is 9.10. The molecule has 1 aromatic carbocycles. The Labute approximate surface area is 127 Å². The predicted molar refractivity (Wildman–Crippen MR) is 84.1 cm³/mol. The fraction of sp³-hybridized carbons (Fsp3) is 0.0833. The van der Waals surface area contributed by atoms with Gasteiger partial charge in [-0.05, 0) is 51.1 Å². The fourth-order valence-electron chi connectivity index (χ4n) is 1.50. The van der Waals surface area contributed by atoms with Crippen LogP contribution in [-0.4, -0.2) is 5.91 Å². The number of hydrogen-bond acceptors (Lipinski definition) is 5. The highest BCUT2D eigenvalue weighted by Gasteiger charge is 2.12. The number of nitrogens with two attached hydrogens (primary N) is 2. The number of nitrogens with one attached hydrogen (secondary N) is 1. The average Bonchev–Trinajstić information content (AvgIpc) is 2.85. The Morgan fingerprint density at radius 1 is 1.42 bits per heavy atom. The van der Waals surface area contributed by atoms with Gasteiger partial charge in [0.1, 0.15) is 0 Å². The van der Waals surface area contributed by atoms with E-state index in [9.17, 15) is 4.79 Å². The monoisotopic (exact) mass is 357 g/mol. The Morgan fingerprint density at radius 2 is 2.21 bits per heavy atom. The molecule has 0 saturated heterocycles. The molecule has 1 heterocycles. The van der Waals surface area contributed by atoms with Gasteiger partial charge in [-0.15, -0.1) is 23.1 Å². The number of thioether (sulfide) groups is 1. The molecule has 0 spiro atoms. The van der Waals surface area contributed by atoms with Crippen molar-refractivity contribution in [3.63, 3.8) is 0 Å². The molecule has 0 aliphatic rings. The van der Waals surface area contributed by atoms with Gasteiger partial charge in [0.15, 0.2) is 0 Å². The lowest BCUT2D eigenvalue weighted by Gasteiger charge is -2.06. The Hall–Kier alpha value is -1.02. The quantitative estimate of drug-likeness (QED) is 0.258. The van der Waals surface area contributed by atoms with Crippen LogP contribution in [0.2, 0.25) is 0 Å². The fourth-order valence-corrected chi connectivity index (χ4v) is 4.07. The van der Waals surface area contributed by atoms with E-state index in [0.717, 1.165) is 20.6 Å². The Balaban J connectivity index is 2.10. The number of carbonyl (C=O) groups is 1. The van der Waals surface area contributed by atoms with Crippen molar-refractivity contribution in [2.45, 2.75) is 10.6 Å². The summed E-state index contributed by atoms with van der Waals surface area (Å²) in [5.41, 5.74) is 9.55. The molecule has 100 valence electrons. The highest BCUT2D eigenvalue weighted by Crippen LogP contribution is 2.33. The molecule has 1 amide bonds. The summed E-state index contributed by atoms with van der Waals surface area (Å²) in [5.74, 6) is 5.61. The third-order valence-electron chi connectivity index (χ3n) is 2.42. The molecule has 0 atom stereocenters. The third kappa shape index (κ3) is 3.50. The number of halogens is 1. The lowest BCUT2D eigenvalue weighted by molar-refractivity contribution is 0.0957. The van der Waals surface area contributed by atoms with Crippen LogP contribution in [0.3, 0.4) is 0 Å². The summed E-state index contributed by atoms with van der Waals surface area (Å²) in [5, 5.41) is 1.89. The van der Waals surface area contributed by atoms with Crippen molar-refractivity contribution in [3.8, 4) is 0 Å². The van der Waals surface area contributed by atoms with E-state index < -0.39 is 0 Å². The van der Waals surface area contributed by atoms with Gasteiger partial charge in [-0.3, -0.25) is 10.2 Å². The SMILES string of the molecule is NNC(=O)c1sccc1CSc1ccc(N)cc1Br. The van der Waals surface area contributed by atoms with E-state index in [4.69, 9.17) is 11.6 Å². The molecule has 0 saturated carbocycles. The molecule has 0 radical (unpaired) electrons. The summed E-state index contributed by atoms with van der Waals surface area (Å²) in [6.45, 7) is 0. The summed E-state index contributed by atoms with van der Waals surface area (Å²) in [4.78, 5) is 13.3. The maximum Gasteiger partial charge on any atom is 0.275 e. The van der Waals surface area contributed by atoms with E-state index in [1.54, 1.807) is 11.8 Å². The first-order valence-corrected chi connectivity index (χ1v) is 8.02. The number of nitrogen functional groups attached to an aromatic ring is 2. The second kappa shape index (κ2) is 6.42. The van der Waals surface area contributed by atoms with E-state index in [1.165, 1.54) is 11.3 Å². The number of carbonyl (C=O) groups excluding carboxylic acids is 1. The zero-order valence-electron chi connectivity index (χ0n) is 9.85. The van der Waals surface area contributed by atoms with Gasteiger partial charge in [0, 0.05) is 20.8 Å². The second-order valence-electron chi connectivity index (χ2n) is 3.73. The number of thiophene rings is 1.